The van der Waals surface area contributed by atoms with Crippen molar-refractivity contribution in [2.24, 2.45) is 7.05 Å². The van der Waals surface area contributed by atoms with Gasteiger partial charge in [0.25, 0.3) is 0 Å². The molecule has 0 saturated heterocycles. The first-order chi connectivity index (χ1) is 12.0. The number of benzene rings is 1. The van der Waals surface area contributed by atoms with Crippen LogP contribution in [0.3, 0.4) is 0 Å². The summed E-state index contributed by atoms with van der Waals surface area (Å²) in [6, 6.07) is 10.8. The maximum atomic E-state index is 12.4. The van der Waals surface area contributed by atoms with E-state index in [9.17, 15) is 4.79 Å². The Morgan fingerprint density at radius 3 is 2.76 bits per heavy atom. The number of para-hydroxylation sites is 1. The van der Waals surface area contributed by atoms with Gasteiger partial charge in [-0.1, -0.05) is 23.4 Å². The van der Waals surface area contributed by atoms with Gasteiger partial charge >= 0.3 is 0 Å². The van der Waals surface area contributed by atoms with E-state index < -0.39 is 6.04 Å². The molecule has 0 radical (unpaired) electrons. The molecule has 1 unspecified atom stereocenters. The van der Waals surface area contributed by atoms with E-state index in [1.54, 1.807) is 24.9 Å². The van der Waals surface area contributed by atoms with Crippen LogP contribution in [0.1, 0.15) is 24.4 Å². The lowest BCUT2D eigenvalue weighted by atomic mass is 10.3. The number of ether oxygens (including phenoxy) is 1. The summed E-state index contributed by atoms with van der Waals surface area (Å²) in [6.45, 7) is 3.92. The molecule has 0 aliphatic rings. The Hall–Kier alpha value is -3.16. The van der Waals surface area contributed by atoms with Crippen molar-refractivity contribution in [3.8, 4) is 5.75 Å². The van der Waals surface area contributed by atoms with Crippen LogP contribution in [0.5, 0.6) is 5.75 Å². The summed E-state index contributed by atoms with van der Waals surface area (Å²) in [5.41, 5.74) is 1.49. The van der Waals surface area contributed by atoms with E-state index in [2.05, 4.69) is 20.7 Å². The third kappa shape index (κ3) is 4.03. The summed E-state index contributed by atoms with van der Waals surface area (Å²) in [5, 5.41) is 15.1. The molecule has 1 atom stereocenters. The number of nitrogens with one attached hydrogen (secondary N) is 1. The third-order valence-electron chi connectivity index (χ3n) is 3.72. The molecule has 2 aromatic heterocycles. The molecule has 8 heteroatoms. The molecular formula is C17H20N6O2. The highest BCUT2D eigenvalue weighted by molar-refractivity contribution is 5.92. The lowest BCUT2D eigenvalue weighted by molar-refractivity contribution is -0.119. The summed E-state index contributed by atoms with van der Waals surface area (Å²) in [6.07, 6.45) is 1.71. The number of carbonyl (C=O) groups is 1. The number of carbonyl (C=O) groups excluding carboxylic acids is 1. The summed E-state index contributed by atoms with van der Waals surface area (Å²) < 4.78 is 8.77. The molecule has 130 valence electrons. The first-order valence-electron chi connectivity index (χ1n) is 7.93. The van der Waals surface area contributed by atoms with E-state index in [-0.39, 0.29) is 5.91 Å². The Labute approximate surface area is 145 Å². The van der Waals surface area contributed by atoms with E-state index >= 15 is 0 Å². The molecule has 1 aromatic carbocycles. The molecule has 2 heterocycles. The largest absolute Gasteiger partial charge is 0.487 e. The van der Waals surface area contributed by atoms with Crippen molar-refractivity contribution in [3.63, 3.8) is 0 Å². The molecule has 0 aliphatic heterocycles. The van der Waals surface area contributed by atoms with Gasteiger partial charge in [0.05, 0.1) is 11.9 Å². The first kappa shape index (κ1) is 16.7. The van der Waals surface area contributed by atoms with Gasteiger partial charge in [-0.3, -0.25) is 9.48 Å². The Kier molecular flexibility index (Phi) is 4.78. The second kappa shape index (κ2) is 7.16. The van der Waals surface area contributed by atoms with E-state index in [0.717, 1.165) is 11.4 Å². The molecule has 1 amide bonds. The number of nitrogens with zero attached hydrogens (tertiary/aromatic N) is 5. The van der Waals surface area contributed by atoms with Gasteiger partial charge in [0.15, 0.2) is 0 Å². The van der Waals surface area contributed by atoms with Crippen molar-refractivity contribution in [2.75, 3.05) is 5.32 Å². The number of hydrogen-bond donors (Lipinski definition) is 1. The molecule has 0 aliphatic carbocycles. The predicted octanol–water partition coefficient (Wildman–Crippen LogP) is 2.10. The minimum absolute atomic E-state index is 0.191. The number of rotatable bonds is 6. The van der Waals surface area contributed by atoms with Gasteiger partial charge < -0.3 is 10.1 Å². The van der Waals surface area contributed by atoms with Crippen molar-refractivity contribution >= 4 is 11.7 Å². The highest BCUT2D eigenvalue weighted by Gasteiger charge is 2.18. The van der Waals surface area contributed by atoms with Gasteiger partial charge in [0.2, 0.25) is 5.91 Å². The van der Waals surface area contributed by atoms with Crippen LogP contribution < -0.4 is 10.1 Å². The van der Waals surface area contributed by atoms with Crippen molar-refractivity contribution in [1.29, 1.82) is 0 Å². The average molecular weight is 340 g/mol. The van der Waals surface area contributed by atoms with Crippen LogP contribution in [0.25, 0.3) is 0 Å². The molecule has 1 N–H and O–H groups in total. The molecular weight excluding hydrogens is 320 g/mol. The second-order valence-electron chi connectivity index (χ2n) is 5.75. The van der Waals surface area contributed by atoms with Crippen LogP contribution >= 0.6 is 0 Å². The second-order valence-corrected chi connectivity index (χ2v) is 5.75. The fraction of sp³-hybridized carbons (Fsp3) is 0.294. The first-order valence-corrected chi connectivity index (χ1v) is 7.93. The quantitative estimate of drug-likeness (QED) is 0.742. The summed E-state index contributed by atoms with van der Waals surface area (Å²) in [7, 11) is 1.78. The zero-order chi connectivity index (χ0) is 17.8. The number of amides is 1. The number of aryl methyl sites for hydroxylation is 2. The molecule has 3 rings (SSSR count). The number of anilines is 1. The summed E-state index contributed by atoms with van der Waals surface area (Å²) >= 11 is 0. The third-order valence-corrected chi connectivity index (χ3v) is 3.72. The Morgan fingerprint density at radius 2 is 2.08 bits per heavy atom. The van der Waals surface area contributed by atoms with Gasteiger partial charge in [-0.15, -0.1) is 5.10 Å². The number of aromatic nitrogens is 5. The summed E-state index contributed by atoms with van der Waals surface area (Å²) in [4.78, 5) is 12.4. The highest BCUT2D eigenvalue weighted by atomic mass is 16.5. The Balaban J connectivity index is 1.60. The minimum Gasteiger partial charge on any atom is -0.487 e. The molecule has 25 heavy (non-hydrogen) atoms. The molecule has 0 bridgehead atoms. The monoisotopic (exact) mass is 340 g/mol. The normalized spacial score (nSPS) is 12.0. The van der Waals surface area contributed by atoms with Gasteiger partial charge in [-0.25, -0.2) is 4.68 Å². The van der Waals surface area contributed by atoms with Crippen molar-refractivity contribution in [3.05, 3.63) is 54.0 Å². The van der Waals surface area contributed by atoms with Crippen molar-refractivity contribution < 1.29 is 9.53 Å². The standard InChI is InChI=1S/C17H20N6O2/c1-12-9-16(22(3)20-12)18-17(24)13(2)23-10-14(19-21-23)11-25-15-7-5-4-6-8-15/h4-10,13H,11H2,1-3H3,(H,18,24). The SMILES string of the molecule is Cc1cc(NC(=O)C(C)n2cc(COc3ccccc3)nn2)n(C)n1. The fourth-order valence-corrected chi connectivity index (χ4v) is 2.32. The predicted molar refractivity (Wildman–Crippen MR) is 92.1 cm³/mol. The Bertz CT molecular complexity index is 855. The smallest absolute Gasteiger partial charge is 0.250 e. The van der Waals surface area contributed by atoms with Crippen molar-refractivity contribution in [2.45, 2.75) is 26.5 Å². The van der Waals surface area contributed by atoms with Crippen LogP contribution in [-0.2, 0) is 18.4 Å². The summed E-state index contributed by atoms with van der Waals surface area (Å²) in [5.74, 6) is 1.21. The zero-order valence-electron chi connectivity index (χ0n) is 14.4. The van der Waals surface area contributed by atoms with Crippen molar-refractivity contribution in [1.82, 2.24) is 24.8 Å². The minimum atomic E-state index is -0.506. The Morgan fingerprint density at radius 1 is 1.32 bits per heavy atom. The lowest BCUT2D eigenvalue weighted by Gasteiger charge is -2.11. The topological polar surface area (TPSA) is 86.9 Å². The van der Waals surface area contributed by atoms with E-state index in [1.165, 1.54) is 4.68 Å². The van der Waals surface area contributed by atoms with E-state index in [4.69, 9.17) is 4.74 Å². The fourth-order valence-electron chi connectivity index (χ4n) is 2.32. The molecule has 3 aromatic rings. The van der Waals surface area contributed by atoms with Gasteiger partial charge in [0.1, 0.15) is 29.9 Å². The highest BCUT2D eigenvalue weighted by Crippen LogP contribution is 2.14. The maximum Gasteiger partial charge on any atom is 0.250 e. The van der Waals surface area contributed by atoms with Crippen LogP contribution in [0.15, 0.2) is 42.6 Å². The van der Waals surface area contributed by atoms with Crippen LogP contribution in [0.2, 0.25) is 0 Å². The van der Waals surface area contributed by atoms with Crippen LogP contribution in [-0.4, -0.2) is 30.7 Å². The lowest BCUT2D eigenvalue weighted by Crippen LogP contribution is -2.25. The zero-order valence-corrected chi connectivity index (χ0v) is 14.4. The average Bonchev–Trinajstić information content (AvgIpc) is 3.20. The molecule has 0 saturated carbocycles. The number of hydrogen-bond acceptors (Lipinski definition) is 5. The van der Waals surface area contributed by atoms with Gasteiger partial charge in [0, 0.05) is 13.1 Å². The maximum absolute atomic E-state index is 12.4. The molecule has 8 nitrogen and oxygen atoms in total. The van der Waals surface area contributed by atoms with E-state index in [0.29, 0.717) is 18.1 Å². The van der Waals surface area contributed by atoms with Gasteiger partial charge in [-0.05, 0) is 26.0 Å². The van der Waals surface area contributed by atoms with Crippen LogP contribution in [0.4, 0.5) is 5.82 Å². The molecule has 0 fully saturated rings. The van der Waals surface area contributed by atoms with E-state index in [1.807, 2.05) is 43.3 Å². The van der Waals surface area contributed by atoms with Crippen LogP contribution in [0, 0.1) is 6.92 Å². The molecule has 0 spiro atoms. The van der Waals surface area contributed by atoms with Gasteiger partial charge in [-0.2, -0.15) is 5.10 Å².